The largest absolute Gasteiger partial charge is 0.426 e. The third-order valence-electron chi connectivity index (χ3n) is 4.51. The normalized spacial score (nSPS) is 15.5. The van der Waals surface area contributed by atoms with Crippen molar-refractivity contribution in [3.63, 3.8) is 0 Å². The SMILES string of the molecule is Cc1ccccc1OC(=O)C1CCN(c2ccc3nnnn3n2)CC1. The Morgan fingerprint density at radius 1 is 1.16 bits per heavy atom. The number of para-hydroxylation sites is 1. The molecule has 3 heterocycles. The maximum absolute atomic E-state index is 12.4. The lowest BCUT2D eigenvalue weighted by molar-refractivity contribution is -0.139. The van der Waals surface area contributed by atoms with E-state index in [1.165, 1.54) is 4.63 Å². The quantitative estimate of drug-likeness (QED) is 0.530. The number of hydrogen-bond donors (Lipinski definition) is 0. The number of anilines is 1. The lowest BCUT2D eigenvalue weighted by atomic mass is 9.97. The van der Waals surface area contributed by atoms with Gasteiger partial charge in [0, 0.05) is 13.1 Å². The molecule has 0 N–H and O–H groups in total. The first-order valence-electron chi connectivity index (χ1n) is 8.28. The molecule has 0 unspecified atom stereocenters. The fourth-order valence-electron chi connectivity index (χ4n) is 3.02. The van der Waals surface area contributed by atoms with E-state index in [0.29, 0.717) is 11.4 Å². The molecule has 0 bridgehead atoms. The molecule has 2 aromatic heterocycles. The Bertz CT molecular complexity index is 901. The topological polar surface area (TPSA) is 85.5 Å². The highest BCUT2D eigenvalue weighted by Gasteiger charge is 2.27. The maximum Gasteiger partial charge on any atom is 0.314 e. The lowest BCUT2D eigenvalue weighted by Crippen LogP contribution is -2.38. The summed E-state index contributed by atoms with van der Waals surface area (Å²) in [4.78, 5) is 14.6. The van der Waals surface area contributed by atoms with Gasteiger partial charge in [-0.3, -0.25) is 4.79 Å². The van der Waals surface area contributed by atoms with E-state index in [4.69, 9.17) is 4.74 Å². The molecule has 0 spiro atoms. The van der Waals surface area contributed by atoms with Crippen molar-refractivity contribution in [1.82, 2.24) is 25.3 Å². The van der Waals surface area contributed by atoms with Crippen LogP contribution in [0.3, 0.4) is 0 Å². The van der Waals surface area contributed by atoms with Crippen molar-refractivity contribution < 1.29 is 9.53 Å². The highest BCUT2D eigenvalue weighted by atomic mass is 16.5. The standard InChI is InChI=1S/C17H18N6O2/c1-12-4-2-3-5-14(12)25-17(24)13-8-10-22(11-9-13)16-7-6-15-18-20-21-23(15)19-16/h2-7,13H,8-11H2,1H3. The predicted molar refractivity (Wildman–Crippen MR) is 90.3 cm³/mol. The molecule has 8 heteroatoms. The van der Waals surface area contributed by atoms with Crippen LogP contribution in [0, 0.1) is 12.8 Å². The molecule has 1 fully saturated rings. The third kappa shape index (κ3) is 3.15. The van der Waals surface area contributed by atoms with Crippen molar-refractivity contribution in [1.29, 1.82) is 0 Å². The molecule has 0 atom stereocenters. The number of aromatic nitrogens is 5. The molecule has 0 radical (unpaired) electrons. The Morgan fingerprint density at radius 3 is 2.76 bits per heavy atom. The summed E-state index contributed by atoms with van der Waals surface area (Å²) in [5.41, 5.74) is 1.58. The van der Waals surface area contributed by atoms with Crippen molar-refractivity contribution in [3.05, 3.63) is 42.0 Å². The highest BCUT2D eigenvalue weighted by Crippen LogP contribution is 2.25. The predicted octanol–water partition coefficient (Wildman–Crippen LogP) is 1.65. The van der Waals surface area contributed by atoms with E-state index in [2.05, 4.69) is 25.5 Å². The van der Waals surface area contributed by atoms with Gasteiger partial charge < -0.3 is 9.64 Å². The number of aryl methyl sites for hydroxylation is 1. The maximum atomic E-state index is 12.4. The highest BCUT2D eigenvalue weighted by molar-refractivity contribution is 5.75. The van der Waals surface area contributed by atoms with Crippen LogP contribution in [-0.4, -0.2) is 44.3 Å². The minimum atomic E-state index is -0.155. The Morgan fingerprint density at radius 2 is 1.96 bits per heavy atom. The zero-order chi connectivity index (χ0) is 17.2. The summed E-state index contributed by atoms with van der Waals surface area (Å²) >= 11 is 0. The summed E-state index contributed by atoms with van der Waals surface area (Å²) in [6.45, 7) is 3.42. The second-order valence-corrected chi connectivity index (χ2v) is 6.17. The number of ether oxygens (including phenoxy) is 1. The Labute approximate surface area is 144 Å². The van der Waals surface area contributed by atoms with E-state index < -0.39 is 0 Å². The Kier molecular flexibility index (Phi) is 4.01. The number of carbonyl (C=O) groups excluding carboxylic acids is 1. The van der Waals surface area contributed by atoms with E-state index in [1.807, 2.05) is 43.3 Å². The van der Waals surface area contributed by atoms with Crippen molar-refractivity contribution in [2.75, 3.05) is 18.0 Å². The molecule has 128 valence electrons. The number of piperidine rings is 1. The average molecular weight is 338 g/mol. The zero-order valence-corrected chi connectivity index (χ0v) is 13.9. The molecule has 1 saturated heterocycles. The van der Waals surface area contributed by atoms with Gasteiger partial charge in [-0.05, 0) is 54.0 Å². The van der Waals surface area contributed by atoms with E-state index >= 15 is 0 Å². The monoisotopic (exact) mass is 338 g/mol. The summed E-state index contributed by atoms with van der Waals surface area (Å²) in [7, 11) is 0. The van der Waals surface area contributed by atoms with Crippen LogP contribution in [0.25, 0.3) is 5.65 Å². The third-order valence-corrected chi connectivity index (χ3v) is 4.51. The number of rotatable bonds is 3. The summed E-state index contributed by atoms with van der Waals surface area (Å²) in [6.07, 6.45) is 1.47. The number of esters is 1. The minimum Gasteiger partial charge on any atom is -0.426 e. The summed E-state index contributed by atoms with van der Waals surface area (Å²) < 4.78 is 6.98. The molecule has 0 saturated carbocycles. The van der Waals surface area contributed by atoms with Crippen LogP contribution in [0.2, 0.25) is 0 Å². The molecule has 0 amide bonds. The van der Waals surface area contributed by atoms with Crippen molar-refractivity contribution >= 4 is 17.4 Å². The van der Waals surface area contributed by atoms with Crippen molar-refractivity contribution in [2.24, 2.45) is 5.92 Å². The number of tetrazole rings is 1. The Balaban J connectivity index is 1.39. The second-order valence-electron chi connectivity index (χ2n) is 6.17. The molecule has 1 aliphatic rings. The van der Waals surface area contributed by atoms with Crippen LogP contribution >= 0.6 is 0 Å². The summed E-state index contributed by atoms with van der Waals surface area (Å²) in [5.74, 6) is 1.21. The van der Waals surface area contributed by atoms with Gasteiger partial charge in [0.15, 0.2) is 11.5 Å². The molecule has 3 aromatic rings. The van der Waals surface area contributed by atoms with Gasteiger partial charge in [-0.1, -0.05) is 18.2 Å². The zero-order valence-electron chi connectivity index (χ0n) is 13.9. The van der Waals surface area contributed by atoms with E-state index in [0.717, 1.165) is 37.3 Å². The van der Waals surface area contributed by atoms with Crippen LogP contribution in [-0.2, 0) is 4.79 Å². The first kappa shape index (κ1) is 15.5. The molecule has 25 heavy (non-hydrogen) atoms. The second kappa shape index (κ2) is 6.46. The number of benzene rings is 1. The van der Waals surface area contributed by atoms with E-state index in [9.17, 15) is 4.79 Å². The van der Waals surface area contributed by atoms with Gasteiger partial charge in [0.1, 0.15) is 5.75 Å². The van der Waals surface area contributed by atoms with Crippen LogP contribution < -0.4 is 9.64 Å². The first-order chi connectivity index (χ1) is 12.2. The minimum absolute atomic E-state index is 0.0902. The van der Waals surface area contributed by atoms with Crippen LogP contribution in [0.4, 0.5) is 5.82 Å². The van der Waals surface area contributed by atoms with Gasteiger partial charge in [0.25, 0.3) is 0 Å². The molecule has 1 aromatic carbocycles. The van der Waals surface area contributed by atoms with Crippen LogP contribution in [0.5, 0.6) is 5.75 Å². The van der Waals surface area contributed by atoms with Gasteiger partial charge in [0.2, 0.25) is 0 Å². The fourth-order valence-corrected chi connectivity index (χ4v) is 3.02. The molecule has 4 rings (SSSR count). The van der Waals surface area contributed by atoms with Crippen LogP contribution in [0.15, 0.2) is 36.4 Å². The van der Waals surface area contributed by atoms with Gasteiger partial charge in [-0.25, -0.2) is 0 Å². The molecular weight excluding hydrogens is 320 g/mol. The number of fused-ring (bicyclic) bond motifs is 1. The molecule has 8 nitrogen and oxygen atoms in total. The number of nitrogens with zero attached hydrogens (tertiary/aromatic N) is 6. The summed E-state index contributed by atoms with van der Waals surface area (Å²) in [5, 5.41) is 15.7. The van der Waals surface area contributed by atoms with Crippen molar-refractivity contribution in [2.45, 2.75) is 19.8 Å². The Hall–Kier alpha value is -3.03. The molecule has 1 aliphatic heterocycles. The van der Waals surface area contributed by atoms with Gasteiger partial charge in [0.05, 0.1) is 5.92 Å². The van der Waals surface area contributed by atoms with Crippen LogP contribution in [0.1, 0.15) is 18.4 Å². The smallest absolute Gasteiger partial charge is 0.314 e. The fraction of sp³-hybridized carbons (Fsp3) is 0.353. The van der Waals surface area contributed by atoms with Gasteiger partial charge in [-0.2, -0.15) is 0 Å². The summed E-state index contributed by atoms with van der Waals surface area (Å²) in [6, 6.07) is 11.3. The molecule has 0 aliphatic carbocycles. The van der Waals surface area contributed by atoms with Crippen molar-refractivity contribution in [3.8, 4) is 5.75 Å². The average Bonchev–Trinajstić information content (AvgIpc) is 3.11. The van der Waals surface area contributed by atoms with E-state index in [1.54, 1.807) is 0 Å². The molecular formula is C17H18N6O2. The first-order valence-corrected chi connectivity index (χ1v) is 8.28. The number of carbonyl (C=O) groups is 1. The van der Waals surface area contributed by atoms with Gasteiger partial charge >= 0.3 is 5.97 Å². The lowest BCUT2D eigenvalue weighted by Gasteiger charge is -2.31. The van der Waals surface area contributed by atoms with Gasteiger partial charge in [-0.15, -0.1) is 14.8 Å². The number of hydrogen-bond acceptors (Lipinski definition) is 7. The van der Waals surface area contributed by atoms with E-state index in [-0.39, 0.29) is 11.9 Å².